The second-order valence-corrected chi connectivity index (χ2v) is 1.88. The van der Waals surface area contributed by atoms with E-state index in [4.69, 9.17) is 34.5 Å². The van der Waals surface area contributed by atoms with Gasteiger partial charge in [-0.15, -0.1) is 10.1 Å². The molecular weight excluding hydrogens is 194 g/mol. The van der Waals surface area contributed by atoms with E-state index in [-0.39, 0.29) is 37.7 Å². The summed E-state index contributed by atoms with van der Waals surface area (Å²) in [6.07, 6.45) is 0. The van der Waals surface area contributed by atoms with Gasteiger partial charge in [-0.2, -0.15) is 0 Å². The van der Waals surface area contributed by atoms with Crippen LogP contribution in [0.25, 0.3) is 0 Å². The third-order valence-electron chi connectivity index (χ3n) is 0. The summed E-state index contributed by atoms with van der Waals surface area (Å²) in [4.78, 5) is 40.2. The molecule has 0 aliphatic carbocycles. The smallest absolute Gasteiger partial charge is 0.828 e. The van der Waals surface area contributed by atoms with Gasteiger partial charge in [-0.05, 0) is 0 Å². The van der Waals surface area contributed by atoms with Crippen LogP contribution in [0.2, 0.25) is 0 Å². The van der Waals surface area contributed by atoms with Crippen LogP contribution in [-0.4, -0.2) is 66.7 Å². The molecule has 10 heavy (non-hydrogen) atoms. The van der Waals surface area contributed by atoms with E-state index in [2.05, 4.69) is 0 Å². The molecule has 0 spiro atoms. The monoisotopic (exact) mass is 197 g/mol. The van der Waals surface area contributed by atoms with Crippen molar-refractivity contribution in [3.63, 3.8) is 0 Å². The van der Waals surface area contributed by atoms with Crippen LogP contribution in [0.4, 0.5) is 0 Å². The average Bonchev–Trinajstić information content (AvgIpc) is 1.19. The summed E-state index contributed by atoms with van der Waals surface area (Å²) < 4.78 is 0. The zero-order chi connectivity index (χ0) is 8.08. The SMILES string of the molecule is O=[N+]([O-])O.[Ca+2].[O-][Si]([O-])(O)O. The second-order valence-electron chi connectivity index (χ2n) is 0.786. The molecule has 0 radical (unpaired) electrons. The Morgan fingerprint density at radius 3 is 1.30 bits per heavy atom. The van der Waals surface area contributed by atoms with Crippen LogP contribution in [0.5, 0.6) is 0 Å². The Bertz CT molecular complexity index is 76.1. The van der Waals surface area contributed by atoms with E-state index in [0.29, 0.717) is 0 Å². The molecule has 0 aromatic carbocycles. The van der Waals surface area contributed by atoms with Crippen molar-refractivity contribution in [2.45, 2.75) is 0 Å². The maximum Gasteiger partial charge on any atom is 2.00 e. The van der Waals surface area contributed by atoms with Gasteiger partial charge in [0.15, 0.2) is 0 Å². The Morgan fingerprint density at radius 2 is 1.30 bits per heavy atom. The van der Waals surface area contributed by atoms with Crippen molar-refractivity contribution in [2.24, 2.45) is 0 Å². The number of hydrogen-bond donors (Lipinski definition) is 3. The van der Waals surface area contributed by atoms with Crippen LogP contribution < -0.4 is 9.59 Å². The third kappa shape index (κ3) is 1800. The summed E-state index contributed by atoms with van der Waals surface area (Å²) in [5.41, 5.74) is 0. The van der Waals surface area contributed by atoms with E-state index < -0.39 is 14.1 Å². The molecular formula is H3CaNO7Si. The van der Waals surface area contributed by atoms with E-state index in [1.165, 1.54) is 0 Å². The van der Waals surface area contributed by atoms with Crippen LogP contribution >= 0.6 is 0 Å². The zero-order valence-corrected chi connectivity index (χ0v) is 7.84. The molecule has 56 valence electrons. The molecule has 0 saturated carbocycles. The Kier molecular flexibility index (Phi) is 12.8. The quantitative estimate of drug-likeness (QED) is 0.201. The Hall–Kier alpha value is 0.517. The maximum atomic E-state index is 8.80. The minimum Gasteiger partial charge on any atom is -0.828 e. The third-order valence-corrected chi connectivity index (χ3v) is 0. The van der Waals surface area contributed by atoms with Crippen LogP contribution in [0.1, 0.15) is 0 Å². The minimum absolute atomic E-state index is 0. The molecule has 0 aliphatic heterocycles. The summed E-state index contributed by atoms with van der Waals surface area (Å²) >= 11 is 0. The van der Waals surface area contributed by atoms with E-state index in [9.17, 15) is 0 Å². The fourth-order valence-corrected chi connectivity index (χ4v) is 0. The van der Waals surface area contributed by atoms with Gasteiger partial charge >= 0.3 is 37.7 Å². The Labute approximate surface area is 85.9 Å². The molecule has 0 aliphatic rings. The molecule has 0 heterocycles. The summed E-state index contributed by atoms with van der Waals surface area (Å²) in [5, 5.41) is 13.6. The Balaban J connectivity index is -0.0000000910. The molecule has 0 rings (SSSR count). The number of hydrogen-bond acceptors (Lipinski definition) is 6. The second kappa shape index (κ2) is 7.62. The largest absolute Gasteiger partial charge is 2.00 e. The maximum absolute atomic E-state index is 8.80. The normalized spacial score (nSPS) is 8.40. The summed E-state index contributed by atoms with van der Waals surface area (Å²) in [5.74, 6) is 0. The van der Waals surface area contributed by atoms with E-state index in [1.807, 2.05) is 0 Å². The summed E-state index contributed by atoms with van der Waals surface area (Å²) in [7, 11) is -5.11. The first kappa shape index (κ1) is 16.9. The Morgan fingerprint density at radius 1 is 1.30 bits per heavy atom. The van der Waals surface area contributed by atoms with E-state index in [1.54, 1.807) is 0 Å². The molecule has 0 fully saturated rings. The van der Waals surface area contributed by atoms with Crippen molar-refractivity contribution in [2.75, 3.05) is 0 Å². The zero-order valence-electron chi connectivity index (χ0n) is 4.63. The van der Waals surface area contributed by atoms with Gasteiger partial charge in [-0.25, -0.2) is 0 Å². The fourth-order valence-electron chi connectivity index (χ4n) is 0. The first-order valence-corrected chi connectivity index (χ1v) is 3.13. The van der Waals surface area contributed by atoms with Crippen molar-refractivity contribution in [3.05, 3.63) is 10.1 Å². The molecule has 0 aromatic heterocycles. The van der Waals surface area contributed by atoms with Crippen molar-refractivity contribution in [1.82, 2.24) is 0 Å². The van der Waals surface area contributed by atoms with Crippen LogP contribution in [0, 0.1) is 10.1 Å². The molecule has 8 nitrogen and oxygen atoms in total. The summed E-state index contributed by atoms with van der Waals surface area (Å²) in [6, 6.07) is 0. The van der Waals surface area contributed by atoms with Crippen LogP contribution in [-0.2, 0) is 0 Å². The van der Waals surface area contributed by atoms with Gasteiger partial charge in [0.2, 0.25) is 0 Å². The first-order valence-electron chi connectivity index (χ1n) is 1.42. The van der Waals surface area contributed by atoms with Gasteiger partial charge in [-0.3, -0.25) is 0 Å². The van der Waals surface area contributed by atoms with Gasteiger partial charge in [0.05, 0.1) is 0 Å². The molecule has 0 unspecified atom stereocenters. The van der Waals surface area contributed by atoms with Gasteiger partial charge in [0, 0.05) is 0 Å². The van der Waals surface area contributed by atoms with Crippen LogP contribution in [0.15, 0.2) is 0 Å². The predicted octanol–water partition coefficient (Wildman–Crippen LogP) is -4.60. The molecule has 0 bridgehead atoms. The molecule has 10 heteroatoms. The van der Waals surface area contributed by atoms with Crippen molar-refractivity contribution in [3.8, 4) is 0 Å². The van der Waals surface area contributed by atoms with E-state index in [0.717, 1.165) is 0 Å². The number of nitrogens with zero attached hydrogens (tertiary/aromatic N) is 1. The van der Waals surface area contributed by atoms with Crippen LogP contribution in [0.3, 0.4) is 0 Å². The number of rotatable bonds is 0. The minimum atomic E-state index is -5.11. The molecule has 0 atom stereocenters. The molecule has 0 aromatic rings. The van der Waals surface area contributed by atoms with Gasteiger partial charge < -0.3 is 24.4 Å². The van der Waals surface area contributed by atoms with Crippen molar-refractivity contribution >= 4 is 46.8 Å². The summed E-state index contributed by atoms with van der Waals surface area (Å²) in [6.45, 7) is 0. The standard InChI is InChI=1S/Ca.HNO3.H2O4Si/c;2-1(3)4;1-5(2,3)4/h;(H,2,3,4);1-2H/q+2;;-2. The van der Waals surface area contributed by atoms with Crippen molar-refractivity contribution in [1.29, 1.82) is 0 Å². The first-order chi connectivity index (χ1) is 3.73. The van der Waals surface area contributed by atoms with E-state index >= 15 is 0 Å². The van der Waals surface area contributed by atoms with Gasteiger partial charge in [0.25, 0.3) is 5.09 Å². The fraction of sp³-hybridized carbons (Fsp3) is 0. The predicted molar refractivity (Wildman–Crippen MR) is 24.7 cm³/mol. The van der Waals surface area contributed by atoms with Gasteiger partial charge in [-0.1, -0.05) is 0 Å². The topological polar surface area (TPSA) is 150 Å². The molecule has 0 amide bonds. The van der Waals surface area contributed by atoms with Gasteiger partial charge in [0.1, 0.15) is 9.05 Å². The molecule has 0 saturated heterocycles. The average molecular weight is 197 g/mol. The van der Waals surface area contributed by atoms with Crippen molar-refractivity contribution < 1.29 is 29.5 Å². The molecule has 3 N–H and O–H groups in total.